The highest BCUT2D eigenvalue weighted by Gasteiger charge is 2.16. The Bertz CT molecular complexity index is 537. The zero-order valence-electron chi connectivity index (χ0n) is 9.29. The summed E-state index contributed by atoms with van der Waals surface area (Å²) in [6, 6.07) is 2.94. The largest absolute Gasteiger partial charge is 0.682 e. The van der Waals surface area contributed by atoms with Gasteiger partial charge in [0.15, 0.2) is 0 Å². The average molecular weight is 235 g/mol. The monoisotopic (exact) mass is 235 g/mol. The first-order valence-electron chi connectivity index (χ1n) is 5.31. The first-order chi connectivity index (χ1) is 8.24. The quantitative estimate of drug-likeness (QED) is 0.451. The SMILES string of the molecule is CCCC[N-]c1ccc([N+](=O)[O-])c2nonc12. The van der Waals surface area contributed by atoms with Crippen LogP contribution < -0.4 is 0 Å². The zero-order valence-corrected chi connectivity index (χ0v) is 9.29. The summed E-state index contributed by atoms with van der Waals surface area (Å²) in [6.45, 7) is 2.73. The Balaban J connectivity index is 2.36. The van der Waals surface area contributed by atoms with Crippen molar-refractivity contribution in [3.63, 3.8) is 0 Å². The highest BCUT2D eigenvalue weighted by atomic mass is 16.6. The van der Waals surface area contributed by atoms with E-state index >= 15 is 0 Å². The van der Waals surface area contributed by atoms with E-state index in [1.54, 1.807) is 6.07 Å². The maximum absolute atomic E-state index is 10.8. The number of non-ortho nitro benzene ring substituents is 1. The molecule has 2 aromatic rings. The molecule has 0 atom stereocenters. The van der Waals surface area contributed by atoms with E-state index < -0.39 is 4.92 Å². The second-order valence-electron chi connectivity index (χ2n) is 3.56. The van der Waals surface area contributed by atoms with Crippen LogP contribution in [0.4, 0.5) is 11.4 Å². The summed E-state index contributed by atoms with van der Waals surface area (Å²) in [5.41, 5.74) is 0.957. The van der Waals surface area contributed by atoms with Crippen LogP contribution in [0.2, 0.25) is 0 Å². The summed E-state index contributed by atoms with van der Waals surface area (Å²) in [7, 11) is 0. The van der Waals surface area contributed by atoms with Crippen LogP contribution in [-0.2, 0) is 0 Å². The van der Waals surface area contributed by atoms with Gasteiger partial charge in [0, 0.05) is 6.07 Å². The number of benzene rings is 1. The normalized spacial score (nSPS) is 10.6. The van der Waals surface area contributed by atoms with Crippen LogP contribution in [0.1, 0.15) is 19.8 Å². The number of unbranched alkanes of at least 4 members (excludes halogenated alkanes) is 1. The fraction of sp³-hybridized carbons (Fsp3) is 0.400. The van der Waals surface area contributed by atoms with Crippen LogP contribution in [0.5, 0.6) is 0 Å². The topological polar surface area (TPSA) is 96.2 Å². The third-order valence-electron chi connectivity index (χ3n) is 2.36. The molecule has 0 aliphatic rings. The molecule has 7 nitrogen and oxygen atoms in total. The molecule has 0 aliphatic heterocycles. The predicted molar refractivity (Wildman–Crippen MR) is 61.3 cm³/mol. The summed E-state index contributed by atoms with van der Waals surface area (Å²) in [6.07, 6.45) is 2.00. The zero-order chi connectivity index (χ0) is 12.3. The van der Waals surface area contributed by atoms with Crippen molar-refractivity contribution in [2.75, 3.05) is 6.54 Å². The number of rotatable bonds is 5. The molecule has 0 unspecified atom stereocenters. The molecule has 0 amide bonds. The number of fused-ring (bicyclic) bond motifs is 1. The van der Waals surface area contributed by atoms with Crippen molar-refractivity contribution in [2.45, 2.75) is 19.8 Å². The molecule has 0 saturated carbocycles. The van der Waals surface area contributed by atoms with Crippen LogP contribution in [-0.4, -0.2) is 21.8 Å². The van der Waals surface area contributed by atoms with Crippen LogP contribution >= 0.6 is 0 Å². The Morgan fingerprint density at radius 2 is 2.18 bits per heavy atom. The molecule has 0 bridgehead atoms. The lowest BCUT2D eigenvalue weighted by Crippen LogP contribution is -1.90. The molecule has 17 heavy (non-hydrogen) atoms. The highest BCUT2D eigenvalue weighted by Crippen LogP contribution is 2.32. The van der Waals surface area contributed by atoms with Crippen molar-refractivity contribution in [3.05, 3.63) is 27.6 Å². The lowest BCUT2D eigenvalue weighted by Gasteiger charge is -2.19. The number of hydrogen-bond acceptors (Lipinski definition) is 5. The number of nitro groups is 1. The fourth-order valence-corrected chi connectivity index (χ4v) is 1.47. The molecule has 0 spiro atoms. The molecular formula is C10H11N4O3-. The Morgan fingerprint density at radius 3 is 2.88 bits per heavy atom. The molecule has 0 saturated heterocycles. The van der Waals surface area contributed by atoms with E-state index in [-0.39, 0.29) is 11.2 Å². The van der Waals surface area contributed by atoms with Crippen molar-refractivity contribution in [1.29, 1.82) is 0 Å². The Hall–Kier alpha value is -2.18. The van der Waals surface area contributed by atoms with Gasteiger partial charge in [0.2, 0.25) is 5.52 Å². The Morgan fingerprint density at radius 1 is 1.41 bits per heavy atom. The fourth-order valence-electron chi connectivity index (χ4n) is 1.47. The number of hydrogen-bond donors (Lipinski definition) is 0. The molecule has 7 heteroatoms. The van der Waals surface area contributed by atoms with Gasteiger partial charge in [-0.15, -0.1) is 12.2 Å². The molecule has 1 aromatic carbocycles. The second-order valence-corrected chi connectivity index (χ2v) is 3.56. The third kappa shape index (κ3) is 2.17. The van der Waals surface area contributed by atoms with Crippen LogP contribution in [0.3, 0.4) is 0 Å². The molecule has 0 N–H and O–H groups in total. The van der Waals surface area contributed by atoms with Gasteiger partial charge in [-0.25, -0.2) is 4.63 Å². The molecule has 90 valence electrons. The van der Waals surface area contributed by atoms with Gasteiger partial charge in [0.25, 0.3) is 0 Å². The van der Waals surface area contributed by atoms with Gasteiger partial charge in [0.1, 0.15) is 5.52 Å². The summed E-state index contributed by atoms with van der Waals surface area (Å²) in [5.74, 6) is 0. The molecule has 2 rings (SSSR count). The minimum Gasteiger partial charge on any atom is -0.682 e. The van der Waals surface area contributed by atoms with Crippen LogP contribution in [0, 0.1) is 10.1 Å². The van der Waals surface area contributed by atoms with E-state index in [1.807, 2.05) is 0 Å². The standard InChI is InChI=1S/C10H11N4O3/c1-2-3-6-11-7-4-5-8(14(15)16)10-9(7)12-17-13-10/h4-5H,2-3,6H2,1H3/q-1. The Kier molecular flexibility index (Phi) is 3.17. The maximum Gasteiger partial charge on any atom is 0.300 e. The lowest BCUT2D eigenvalue weighted by molar-refractivity contribution is -0.383. The molecule has 0 aliphatic carbocycles. The van der Waals surface area contributed by atoms with Gasteiger partial charge in [-0.05, 0) is 5.16 Å². The Labute approximate surface area is 96.9 Å². The van der Waals surface area contributed by atoms with E-state index in [4.69, 9.17) is 0 Å². The van der Waals surface area contributed by atoms with Gasteiger partial charge >= 0.3 is 5.69 Å². The minimum atomic E-state index is -0.512. The summed E-state index contributed by atoms with van der Waals surface area (Å²) in [4.78, 5) is 10.2. The second kappa shape index (κ2) is 4.77. The van der Waals surface area contributed by atoms with Crippen LogP contribution in [0.25, 0.3) is 16.4 Å². The smallest absolute Gasteiger partial charge is 0.300 e. The van der Waals surface area contributed by atoms with E-state index in [2.05, 4.69) is 27.2 Å². The molecule has 0 fully saturated rings. The molecule has 1 aromatic heterocycles. The first kappa shape index (κ1) is 11.3. The third-order valence-corrected chi connectivity index (χ3v) is 2.36. The van der Waals surface area contributed by atoms with E-state index in [1.165, 1.54) is 6.07 Å². The molecule has 0 radical (unpaired) electrons. The lowest BCUT2D eigenvalue weighted by atomic mass is 10.2. The molecule has 1 heterocycles. The number of nitrogens with zero attached hydrogens (tertiary/aromatic N) is 4. The first-order valence-corrected chi connectivity index (χ1v) is 5.31. The van der Waals surface area contributed by atoms with Crippen molar-refractivity contribution in [1.82, 2.24) is 10.3 Å². The van der Waals surface area contributed by atoms with Gasteiger partial charge in [-0.3, -0.25) is 10.1 Å². The van der Waals surface area contributed by atoms with E-state index in [0.717, 1.165) is 12.8 Å². The highest BCUT2D eigenvalue weighted by molar-refractivity contribution is 5.94. The predicted octanol–water partition coefficient (Wildman–Crippen LogP) is 2.94. The van der Waals surface area contributed by atoms with Crippen LogP contribution in [0.15, 0.2) is 16.8 Å². The summed E-state index contributed by atoms with van der Waals surface area (Å²) >= 11 is 0. The number of aromatic nitrogens is 2. The minimum absolute atomic E-state index is 0.115. The van der Waals surface area contributed by atoms with Crippen molar-refractivity contribution in [2.24, 2.45) is 0 Å². The maximum atomic E-state index is 10.8. The van der Waals surface area contributed by atoms with Crippen molar-refractivity contribution in [3.8, 4) is 0 Å². The molecular weight excluding hydrogens is 224 g/mol. The summed E-state index contributed by atoms with van der Waals surface area (Å²) in [5, 5.41) is 22.3. The number of nitro benzene ring substituents is 1. The van der Waals surface area contributed by atoms with Gasteiger partial charge < -0.3 is 5.32 Å². The van der Waals surface area contributed by atoms with Crippen molar-refractivity contribution < 1.29 is 9.55 Å². The summed E-state index contributed by atoms with van der Waals surface area (Å²) < 4.78 is 4.54. The average Bonchev–Trinajstić information content (AvgIpc) is 2.78. The van der Waals surface area contributed by atoms with Gasteiger partial charge in [-0.2, -0.15) is 0 Å². The van der Waals surface area contributed by atoms with E-state index in [0.29, 0.717) is 17.7 Å². The van der Waals surface area contributed by atoms with E-state index in [9.17, 15) is 10.1 Å². The van der Waals surface area contributed by atoms with Gasteiger partial charge in [0.05, 0.1) is 4.92 Å². The van der Waals surface area contributed by atoms with Gasteiger partial charge in [-0.1, -0.05) is 31.0 Å². The van der Waals surface area contributed by atoms with Crippen molar-refractivity contribution >= 4 is 22.4 Å².